The van der Waals surface area contributed by atoms with E-state index in [-0.39, 0.29) is 5.37 Å². The molecule has 2 fully saturated rings. The normalized spacial score (nSPS) is 24.4. The Morgan fingerprint density at radius 1 is 1.38 bits per heavy atom. The highest BCUT2D eigenvalue weighted by Gasteiger charge is 2.33. The third-order valence-electron chi connectivity index (χ3n) is 3.43. The minimum atomic E-state index is -0.884. The predicted molar refractivity (Wildman–Crippen MR) is 81.1 cm³/mol. The number of benzene rings is 1. The fourth-order valence-corrected chi connectivity index (χ4v) is 3.14. The molecule has 0 aromatic heterocycles. The lowest BCUT2D eigenvalue weighted by Gasteiger charge is -2.13. The van der Waals surface area contributed by atoms with Gasteiger partial charge in [-0.15, -0.1) is 11.8 Å². The van der Waals surface area contributed by atoms with E-state index < -0.39 is 12.0 Å². The van der Waals surface area contributed by atoms with Gasteiger partial charge in [-0.3, -0.25) is 4.79 Å². The molecule has 0 spiro atoms. The lowest BCUT2D eigenvalue weighted by molar-refractivity contribution is -0.139. The van der Waals surface area contributed by atoms with Gasteiger partial charge < -0.3 is 5.11 Å². The molecule has 3 rings (SSSR count). The maximum atomic E-state index is 11.1. The minimum Gasteiger partial charge on any atom is -0.480 e. The molecule has 1 aliphatic heterocycles. The largest absolute Gasteiger partial charge is 0.480 e. The van der Waals surface area contributed by atoms with Crippen LogP contribution in [-0.4, -0.2) is 22.5 Å². The number of hydrogen-bond acceptors (Lipinski definition) is 5. The Morgan fingerprint density at radius 3 is 3.00 bits per heavy atom. The van der Waals surface area contributed by atoms with Crippen LogP contribution >= 0.6 is 11.8 Å². The van der Waals surface area contributed by atoms with Crippen molar-refractivity contribution in [3.8, 4) is 11.8 Å². The molecule has 0 radical (unpaired) electrons. The van der Waals surface area contributed by atoms with Crippen molar-refractivity contribution in [1.82, 2.24) is 16.4 Å². The van der Waals surface area contributed by atoms with Crippen LogP contribution in [0.25, 0.3) is 0 Å². The molecule has 0 bridgehead atoms. The number of carboxylic acid groups (broad SMARTS) is 1. The molecule has 1 aromatic carbocycles. The molecule has 1 aliphatic carbocycles. The predicted octanol–water partition coefficient (Wildman–Crippen LogP) is 1.32. The lowest BCUT2D eigenvalue weighted by atomic mass is 10.2. The molecule has 1 saturated heterocycles. The summed E-state index contributed by atoms with van der Waals surface area (Å²) in [6.45, 7) is 0. The van der Waals surface area contributed by atoms with Crippen molar-refractivity contribution >= 4 is 17.7 Å². The third kappa shape index (κ3) is 3.99. The highest BCUT2D eigenvalue weighted by Crippen LogP contribution is 2.31. The van der Waals surface area contributed by atoms with Crippen LogP contribution in [0, 0.1) is 17.8 Å². The van der Waals surface area contributed by atoms with Crippen molar-refractivity contribution in [2.45, 2.75) is 35.6 Å². The van der Waals surface area contributed by atoms with Gasteiger partial charge in [0.1, 0.15) is 6.04 Å². The summed E-state index contributed by atoms with van der Waals surface area (Å²) in [5.74, 6) is 6.33. The summed E-state index contributed by atoms with van der Waals surface area (Å²) in [7, 11) is 0. The first-order chi connectivity index (χ1) is 10.2. The average Bonchev–Trinajstić information content (AvgIpc) is 3.16. The Balaban J connectivity index is 1.64. The molecule has 1 aromatic rings. The number of aliphatic carboxylic acids is 1. The van der Waals surface area contributed by atoms with Gasteiger partial charge in [-0.25, -0.2) is 10.9 Å². The number of hydrazine groups is 2. The second-order valence-electron chi connectivity index (χ2n) is 5.25. The molecule has 4 N–H and O–H groups in total. The molecular formula is C15H17N3O2S. The van der Waals surface area contributed by atoms with Gasteiger partial charge in [0.05, 0.1) is 5.37 Å². The molecule has 6 heteroatoms. The van der Waals surface area contributed by atoms with E-state index in [9.17, 15) is 4.79 Å². The van der Waals surface area contributed by atoms with Crippen molar-refractivity contribution < 1.29 is 9.90 Å². The number of thioether (sulfide) groups is 1. The van der Waals surface area contributed by atoms with Gasteiger partial charge in [0.2, 0.25) is 0 Å². The third-order valence-corrected chi connectivity index (χ3v) is 4.60. The molecule has 5 nitrogen and oxygen atoms in total. The monoisotopic (exact) mass is 303 g/mol. The summed E-state index contributed by atoms with van der Waals surface area (Å²) >= 11 is 1.47. The highest BCUT2D eigenvalue weighted by molar-refractivity contribution is 8.00. The van der Waals surface area contributed by atoms with E-state index in [1.165, 1.54) is 24.6 Å². The van der Waals surface area contributed by atoms with Gasteiger partial charge in [-0.1, -0.05) is 17.9 Å². The zero-order valence-electron chi connectivity index (χ0n) is 11.4. The van der Waals surface area contributed by atoms with Crippen LogP contribution in [0.15, 0.2) is 29.2 Å². The quantitative estimate of drug-likeness (QED) is 0.629. The Kier molecular flexibility index (Phi) is 4.46. The van der Waals surface area contributed by atoms with Gasteiger partial charge in [-0.2, -0.15) is 5.53 Å². The lowest BCUT2D eigenvalue weighted by Crippen LogP contribution is -2.39. The first kappa shape index (κ1) is 14.4. The zero-order chi connectivity index (χ0) is 14.7. The van der Waals surface area contributed by atoms with E-state index in [2.05, 4.69) is 28.2 Å². The van der Waals surface area contributed by atoms with E-state index in [1.807, 2.05) is 24.3 Å². The summed E-state index contributed by atoms with van der Waals surface area (Å²) in [5.41, 5.74) is 9.23. The molecular weight excluding hydrogens is 286 g/mol. The van der Waals surface area contributed by atoms with Crippen LogP contribution < -0.4 is 16.4 Å². The first-order valence-electron chi connectivity index (χ1n) is 6.97. The fourth-order valence-electron chi connectivity index (χ4n) is 2.05. The summed E-state index contributed by atoms with van der Waals surface area (Å²) in [6, 6.07) is 7.24. The maximum absolute atomic E-state index is 11.1. The Labute approximate surface area is 127 Å². The number of rotatable bonds is 4. The number of hydrogen-bond donors (Lipinski definition) is 4. The van der Waals surface area contributed by atoms with E-state index >= 15 is 0 Å². The van der Waals surface area contributed by atoms with Crippen LogP contribution in [0.3, 0.4) is 0 Å². The van der Waals surface area contributed by atoms with Gasteiger partial charge in [0, 0.05) is 16.9 Å². The molecule has 2 unspecified atom stereocenters. The van der Waals surface area contributed by atoms with Crippen molar-refractivity contribution in [1.29, 1.82) is 0 Å². The van der Waals surface area contributed by atoms with Crippen molar-refractivity contribution in [2.24, 2.45) is 5.92 Å². The van der Waals surface area contributed by atoms with E-state index in [0.717, 1.165) is 22.8 Å². The summed E-state index contributed by atoms with van der Waals surface area (Å²) in [4.78, 5) is 12.1. The summed E-state index contributed by atoms with van der Waals surface area (Å²) < 4.78 is 0. The highest BCUT2D eigenvalue weighted by atomic mass is 32.2. The Hall–Kier alpha value is -1.52. The molecule has 2 aliphatic rings. The van der Waals surface area contributed by atoms with Crippen molar-refractivity contribution in [3.63, 3.8) is 0 Å². The van der Waals surface area contributed by atoms with Gasteiger partial charge >= 0.3 is 5.97 Å². The minimum absolute atomic E-state index is 0.267. The number of carboxylic acids is 1. The van der Waals surface area contributed by atoms with Crippen molar-refractivity contribution in [2.75, 3.05) is 0 Å². The summed E-state index contributed by atoms with van der Waals surface area (Å²) in [5, 5.41) is 8.85. The van der Waals surface area contributed by atoms with Gasteiger partial charge in [0.15, 0.2) is 0 Å². The second kappa shape index (κ2) is 6.50. The smallest absolute Gasteiger partial charge is 0.324 e. The molecule has 1 saturated carbocycles. The number of carbonyl (C=O) groups is 1. The SMILES string of the molecule is O=C(O)C1NNNC1Sc1cccc(C#CCC2CC2)c1. The average molecular weight is 303 g/mol. The summed E-state index contributed by atoms with van der Waals surface area (Å²) in [6.07, 6.45) is 3.61. The van der Waals surface area contributed by atoms with E-state index in [1.54, 1.807) is 0 Å². The zero-order valence-corrected chi connectivity index (χ0v) is 12.2. The van der Waals surface area contributed by atoms with E-state index in [4.69, 9.17) is 5.11 Å². The van der Waals surface area contributed by atoms with Crippen LogP contribution in [0.4, 0.5) is 0 Å². The van der Waals surface area contributed by atoms with Crippen LogP contribution in [0.2, 0.25) is 0 Å². The molecule has 110 valence electrons. The van der Waals surface area contributed by atoms with Gasteiger partial charge in [0.25, 0.3) is 0 Å². The standard InChI is InChI=1S/C15H17N3O2S/c19-15(20)13-14(17-18-16-13)21-12-6-2-5-11(9-12)4-1-3-10-7-8-10/h2,5-6,9-10,13-14,16-18H,3,7-8H2,(H,19,20). The van der Waals surface area contributed by atoms with E-state index in [0.29, 0.717) is 0 Å². The molecule has 1 heterocycles. The molecule has 2 atom stereocenters. The van der Waals surface area contributed by atoms with Gasteiger partial charge in [-0.05, 0) is 37.0 Å². The van der Waals surface area contributed by atoms with Crippen LogP contribution in [-0.2, 0) is 4.79 Å². The Morgan fingerprint density at radius 2 is 2.24 bits per heavy atom. The second-order valence-corrected chi connectivity index (χ2v) is 6.46. The molecule has 0 amide bonds. The Bertz CT molecular complexity index is 592. The van der Waals surface area contributed by atoms with Crippen LogP contribution in [0.5, 0.6) is 0 Å². The topological polar surface area (TPSA) is 73.4 Å². The number of nitrogens with one attached hydrogen (secondary N) is 3. The van der Waals surface area contributed by atoms with Crippen LogP contribution in [0.1, 0.15) is 24.8 Å². The maximum Gasteiger partial charge on any atom is 0.324 e. The fraction of sp³-hybridized carbons (Fsp3) is 0.400. The first-order valence-corrected chi connectivity index (χ1v) is 7.85. The molecule has 21 heavy (non-hydrogen) atoms. The van der Waals surface area contributed by atoms with Crippen molar-refractivity contribution in [3.05, 3.63) is 29.8 Å².